The first-order valence-corrected chi connectivity index (χ1v) is 9.02. The molecule has 1 aliphatic carbocycles. The predicted octanol–water partition coefficient (Wildman–Crippen LogP) is 3.09. The summed E-state index contributed by atoms with van der Waals surface area (Å²) in [6.45, 7) is 8.42. The predicted molar refractivity (Wildman–Crippen MR) is 97.6 cm³/mol. The van der Waals surface area contributed by atoms with Crippen LogP contribution in [0.2, 0.25) is 0 Å². The number of amides is 2. The fraction of sp³-hybridized carbons (Fsp3) is 0.778. The van der Waals surface area contributed by atoms with Crippen LogP contribution in [0.5, 0.6) is 0 Å². The number of rotatable bonds is 8. The topological polar surface area (TPSA) is 82.9 Å². The van der Waals surface area contributed by atoms with Crippen LogP contribution in [0.1, 0.15) is 66.2 Å². The Kier molecular flexibility index (Phi) is 9.27. The SMILES string of the molecule is CC(C)C/C=N/NC(=O)C1CCC(C(=O)N/N=C/CC(C)C)CC1. The van der Waals surface area contributed by atoms with Crippen molar-refractivity contribution in [1.29, 1.82) is 0 Å². The highest BCUT2D eigenvalue weighted by Gasteiger charge is 2.29. The fourth-order valence-electron chi connectivity index (χ4n) is 2.55. The Morgan fingerprint density at radius 2 is 1.17 bits per heavy atom. The van der Waals surface area contributed by atoms with Gasteiger partial charge in [-0.1, -0.05) is 27.7 Å². The molecule has 0 aromatic rings. The van der Waals surface area contributed by atoms with Crippen molar-refractivity contribution in [3.63, 3.8) is 0 Å². The van der Waals surface area contributed by atoms with Gasteiger partial charge in [0, 0.05) is 24.3 Å². The van der Waals surface area contributed by atoms with E-state index in [2.05, 4.69) is 48.7 Å². The van der Waals surface area contributed by atoms with E-state index in [9.17, 15) is 9.59 Å². The summed E-state index contributed by atoms with van der Waals surface area (Å²) in [7, 11) is 0. The van der Waals surface area contributed by atoms with Crippen LogP contribution in [-0.4, -0.2) is 24.2 Å². The summed E-state index contributed by atoms with van der Waals surface area (Å²) in [5.74, 6) is 0.891. The van der Waals surface area contributed by atoms with Gasteiger partial charge in [0.25, 0.3) is 0 Å². The second-order valence-corrected chi connectivity index (χ2v) is 7.38. The van der Waals surface area contributed by atoms with E-state index in [0.29, 0.717) is 11.8 Å². The first kappa shape index (κ1) is 20.3. The summed E-state index contributed by atoms with van der Waals surface area (Å²) in [4.78, 5) is 24.1. The summed E-state index contributed by atoms with van der Waals surface area (Å²) < 4.78 is 0. The Morgan fingerprint density at radius 3 is 1.46 bits per heavy atom. The minimum Gasteiger partial charge on any atom is -0.273 e. The minimum absolute atomic E-state index is 0.0381. The highest BCUT2D eigenvalue weighted by Crippen LogP contribution is 2.29. The molecule has 0 aliphatic heterocycles. The highest BCUT2D eigenvalue weighted by atomic mass is 16.2. The summed E-state index contributed by atoms with van der Waals surface area (Å²) in [6, 6.07) is 0. The van der Waals surface area contributed by atoms with Crippen molar-refractivity contribution >= 4 is 24.2 Å². The van der Waals surface area contributed by atoms with Gasteiger partial charge in [-0.15, -0.1) is 0 Å². The molecule has 6 heteroatoms. The largest absolute Gasteiger partial charge is 0.273 e. The van der Waals surface area contributed by atoms with Crippen molar-refractivity contribution in [2.45, 2.75) is 66.2 Å². The molecule has 1 fully saturated rings. The van der Waals surface area contributed by atoms with Crippen molar-refractivity contribution in [1.82, 2.24) is 10.9 Å². The number of hydrogen-bond donors (Lipinski definition) is 2. The molecule has 0 radical (unpaired) electrons. The first-order valence-electron chi connectivity index (χ1n) is 9.02. The Bertz CT molecular complexity index is 408. The van der Waals surface area contributed by atoms with Crippen LogP contribution in [0.15, 0.2) is 10.2 Å². The number of hydrogen-bond acceptors (Lipinski definition) is 4. The van der Waals surface area contributed by atoms with Crippen LogP contribution in [0.25, 0.3) is 0 Å². The average Bonchev–Trinajstić information content (AvgIpc) is 2.55. The van der Waals surface area contributed by atoms with E-state index in [1.807, 2.05) is 0 Å². The maximum Gasteiger partial charge on any atom is 0.243 e. The molecular formula is C18H32N4O2. The molecule has 0 bridgehead atoms. The van der Waals surface area contributed by atoms with Crippen molar-refractivity contribution in [2.75, 3.05) is 0 Å². The maximum atomic E-state index is 12.0. The third-order valence-electron chi connectivity index (χ3n) is 4.15. The quantitative estimate of drug-likeness (QED) is 0.527. The van der Waals surface area contributed by atoms with E-state index in [0.717, 1.165) is 38.5 Å². The van der Waals surface area contributed by atoms with E-state index in [4.69, 9.17) is 0 Å². The van der Waals surface area contributed by atoms with Crippen LogP contribution in [0, 0.1) is 23.7 Å². The van der Waals surface area contributed by atoms with Gasteiger partial charge >= 0.3 is 0 Å². The standard InChI is InChI=1S/C18H32N4O2/c1-13(2)9-11-19-21-17(23)15-5-7-16(8-6-15)18(24)22-20-12-10-14(3)4/h11-16H,5-10H2,1-4H3,(H,21,23)(H,22,24)/b19-11+,20-12+. The Balaban J connectivity index is 2.27. The minimum atomic E-state index is -0.0466. The molecule has 1 saturated carbocycles. The van der Waals surface area contributed by atoms with Crippen LogP contribution < -0.4 is 10.9 Å². The molecule has 0 saturated heterocycles. The molecule has 0 heterocycles. The molecule has 6 nitrogen and oxygen atoms in total. The molecule has 1 rings (SSSR count). The first-order chi connectivity index (χ1) is 11.4. The lowest BCUT2D eigenvalue weighted by molar-refractivity contribution is -0.130. The second-order valence-electron chi connectivity index (χ2n) is 7.38. The fourth-order valence-corrected chi connectivity index (χ4v) is 2.55. The van der Waals surface area contributed by atoms with Gasteiger partial charge in [0.05, 0.1) is 0 Å². The lowest BCUT2D eigenvalue weighted by atomic mass is 9.81. The van der Waals surface area contributed by atoms with Gasteiger partial charge in [-0.3, -0.25) is 9.59 Å². The summed E-state index contributed by atoms with van der Waals surface area (Å²) in [6.07, 6.45) is 8.08. The van der Waals surface area contributed by atoms with Gasteiger partial charge in [0.1, 0.15) is 0 Å². The molecule has 24 heavy (non-hydrogen) atoms. The molecule has 0 spiro atoms. The Morgan fingerprint density at radius 1 is 0.833 bits per heavy atom. The monoisotopic (exact) mass is 336 g/mol. The van der Waals surface area contributed by atoms with Crippen molar-refractivity contribution in [3.8, 4) is 0 Å². The van der Waals surface area contributed by atoms with Crippen LogP contribution in [0.3, 0.4) is 0 Å². The Hall–Kier alpha value is -1.72. The molecule has 136 valence electrons. The lowest BCUT2D eigenvalue weighted by Crippen LogP contribution is -2.35. The zero-order valence-corrected chi connectivity index (χ0v) is 15.4. The zero-order valence-electron chi connectivity index (χ0n) is 15.4. The molecular weight excluding hydrogens is 304 g/mol. The molecule has 0 atom stereocenters. The van der Waals surface area contributed by atoms with Crippen LogP contribution in [0.4, 0.5) is 0 Å². The summed E-state index contributed by atoms with van der Waals surface area (Å²) in [5, 5.41) is 7.96. The van der Waals surface area contributed by atoms with E-state index in [-0.39, 0.29) is 23.7 Å². The normalized spacial score (nSPS) is 21.8. The van der Waals surface area contributed by atoms with Gasteiger partial charge in [-0.2, -0.15) is 10.2 Å². The smallest absolute Gasteiger partial charge is 0.243 e. The molecule has 1 aliphatic rings. The van der Waals surface area contributed by atoms with Gasteiger partial charge in [0.2, 0.25) is 11.8 Å². The van der Waals surface area contributed by atoms with E-state index < -0.39 is 0 Å². The molecule has 0 unspecified atom stereocenters. The number of nitrogens with zero attached hydrogens (tertiary/aromatic N) is 2. The van der Waals surface area contributed by atoms with Gasteiger partial charge in [-0.25, -0.2) is 10.9 Å². The number of carbonyl (C=O) groups excluding carboxylic acids is 2. The van der Waals surface area contributed by atoms with E-state index in [1.165, 1.54) is 0 Å². The average molecular weight is 336 g/mol. The van der Waals surface area contributed by atoms with Gasteiger partial charge in [0.15, 0.2) is 0 Å². The van der Waals surface area contributed by atoms with E-state index in [1.54, 1.807) is 12.4 Å². The third kappa shape index (κ3) is 8.22. The number of hydrazone groups is 2. The van der Waals surface area contributed by atoms with Crippen molar-refractivity contribution in [3.05, 3.63) is 0 Å². The van der Waals surface area contributed by atoms with Gasteiger partial charge < -0.3 is 0 Å². The van der Waals surface area contributed by atoms with Gasteiger partial charge in [-0.05, 0) is 50.4 Å². The summed E-state index contributed by atoms with van der Waals surface area (Å²) >= 11 is 0. The molecule has 0 aromatic carbocycles. The molecule has 2 amide bonds. The highest BCUT2D eigenvalue weighted by molar-refractivity contribution is 5.81. The number of nitrogens with one attached hydrogen (secondary N) is 2. The third-order valence-corrected chi connectivity index (χ3v) is 4.15. The van der Waals surface area contributed by atoms with Crippen LogP contribution in [-0.2, 0) is 9.59 Å². The maximum absolute atomic E-state index is 12.0. The van der Waals surface area contributed by atoms with Crippen LogP contribution >= 0.6 is 0 Å². The lowest BCUT2D eigenvalue weighted by Gasteiger charge is -2.25. The second kappa shape index (κ2) is 10.9. The van der Waals surface area contributed by atoms with Crippen molar-refractivity contribution < 1.29 is 9.59 Å². The molecule has 2 N–H and O–H groups in total. The Labute approximate surface area is 145 Å². The molecule has 0 aromatic heterocycles. The van der Waals surface area contributed by atoms with Crippen molar-refractivity contribution in [2.24, 2.45) is 33.9 Å². The summed E-state index contributed by atoms with van der Waals surface area (Å²) in [5.41, 5.74) is 5.22. The zero-order chi connectivity index (χ0) is 17.9. The number of carbonyl (C=O) groups is 2. The van der Waals surface area contributed by atoms with E-state index >= 15 is 0 Å².